The molecule has 1 aliphatic carbocycles. The van der Waals surface area contributed by atoms with Crippen LogP contribution < -0.4 is 15.4 Å². The van der Waals surface area contributed by atoms with E-state index >= 15 is 0 Å². The molecule has 12 heteroatoms. The number of amides is 1. The van der Waals surface area contributed by atoms with E-state index in [1.807, 2.05) is 27.0 Å². The van der Waals surface area contributed by atoms with Gasteiger partial charge in [-0.25, -0.2) is 14.8 Å². The van der Waals surface area contributed by atoms with Crippen LogP contribution in [0, 0.1) is 5.92 Å². The van der Waals surface area contributed by atoms with Crippen molar-refractivity contribution in [3.63, 3.8) is 0 Å². The number of fused-ring (bicyclic) bond motifs is 1. The summed E-state index contributed by atoms with van der Waals surface area (Å²) in [4.78, 5) is 20.9. The third-order valence-electron chi connectivity index (χ3n) is 6.99. The van der Waals surface area contributed by atoms with Crippen molar-refractivity contribution in [3.05, 3.63) is 18.1 Å². The quantitative estimate of drug-likeness (QED) is 0.405. The van der Waals surface area contributed by atoms with Gasteiger partial charge in [-0.3, -0.25) is 9.78 Å². The minimum absolute atomic E-state index is 0.0936. The predicted molar refractivity (Wildman–Crippen MR) is 132 cm³/mol. The fraction of sp³-hybridized carbons (Fsp3) is 0.625. The Morgan fingerprint density at radius 3 is 3.03 bits per heavy atom. The number of aromatic nitrogens is 6. The van der Waals surface area contributed by atoms with E-state index < -0.39 is 0 Å². The summed E-state index contributed by atoms with van der Waals surface area (Å²) in [5.41, 5.74) is 2.39. The van der Waals surface area contributed by atoms with Crippen LogP contribution in [0.4, 0.5) is 16.4 Å². The SMILES string of the molecule is CCC(C)NC(=O)O[C@@H]1CC[C@H](c2cc(Nc3ncnc4c(OCC5CCOC5)nn(C)c34)n[nH]2)C1. The lowest BCUT2D eigenvalue weighted by molar-refractivity contribution is 0.0974. The maximum absolute atomic E-state index is 12.1. The molecule has 1 saturated heterocycles. The first kappa shape index (κ1) is 24.3. The molecule has 0 spiro atoms. The summed E-state index contributed by atoms with van der Waals surface area (Å²) in [5, 5.41) is 18.2. The summed E-state index contributed by atoms with van der Waals surface area (Å²) in [5.74, 6) is 2.36. The van der Waals surface area contributed by atoms with Gasteiger partial charge in [0.25, 0.3) is 5.88 Å². The molecule has 0 aromatic carbocycles. The van der Waals surface area contributed by atoms with Gasteiger partial charge in [-0.15, -0.1) is 5.10 Å². The van der Waals surface area contributed by atoms with Gasteiger partial charge in [0.15, 0.2) is 17.2 Å². The molecule has 4 heterocycles. The number of nitrogens with zero attached hydrogens (tertiary/aromatic N) is 5. The highest BCUT2D eigenvalue weighted by Gasteiger charge is 2.30. The van der Waals surface area contributed by atoms with Crippen molar-refractivity contribution in [2.75, 3.05) is 25.1 Å². The molecule has 1 saturated carbocycles. The smallest absolute Gasteiger partial charge is 0.407 e. The fourth-order valence-electron chi connectivity index (χ4n) is 4.73. The predicted octanol–water partition coefficient (Wildman–Crippen LogP) is 3.41. The van der Waals surface area contributed by atoms with E-state index in [0.717, 1.165) is 49.9 Å². The van der Waals surface area contributed by atoms with E-state index in [-0.39, 0.29) is 24.2 Å². The molecule has 12 nitrogen and oxygen atoms in total. The van der Waals surface area contributed by atoms with Crippen LogP contribution in [0.5, 0.6) is 5.88 Å². The summed E-state index contributed by atoms with van der Waals surface area (Å²) in [6, 6.07) is 2.09. The van der Waals surface area contributed by atoms with Crippen molar-refractivity contribution in [1.29, 1.82) is 0 Å². The van der Waals surface area contributed by atoms with E-state index in [1.165, 1.54) is 6.33 Å². The first-order chi connectivity index (χ1) is 17.5. The number of anilines is 2. The lowest BCUT2D eigenvalue weighted by Crippen LogP contribution is -2.34. The highest BCUT2D eigenvalue weighted by Crippen LogP contribution is 2.36. The van der Waals surface area contributed by atoms with Crippen molar-refractivity contribution in [1.82, 2.24) is 35.3 Å². The second-order valence-corrected chi connectivity index (χ2v) is 9.71. The van der Waals surface area contributed by atoms with E-state index in [9.17, 15) is 4.79 Å². The second-order valence-electron chi connectivity index (χ2n) is 9.71. The number of H-pyrrole nitrogens is 1. The molecule has 36 heavy (non-hydrogen) atoms. The number of hydrogen-bond donors (Lipinski definition) is 3. The van der Waals surface area contributed by atoms with Crippen molar-refractivity contribution in [3.8, 4) is 5.88 Å². The Hall–Kier alpha value is -3.41. The van der Waals surface area contributed by atoms with Crippen molar-refractivity contribution in [2.45, 2.75) is 64.0 Å². The highest BCUT2D eigenvalue weighted by molar-refractivity contribution is 5.90. The first-order valence-corrected chi connectivity index (χ1v) is 12.7. The van der Waals surface area contributed by atoms with Gasteiger partial charge in [0.05, 0.1) is 13.2 Å². The summed E-state index contributed by atoms with van der Waals surface area (Å²) >= 11 is 0. The fourth-order valence-corrected chi connectivity index (χ4v) is 4.73. The van der Waals surface area contributed by atoms with Crippen LogP contribution in [0.15, 0.2) is 12.4 Å². The van der Waals surface area contributed by atoms with Gasteiger partial charge in [-0.1, -0.05) is 6.92 Å². The number of carbonyl (C=O) groups is 1. The van der Waals surface area contributed by atoms with Gasteiger partial charge in [-0.2, -0.15) is 5.10 Å². The zero-order valence-corrected chi connectivity index (χ0v) is 21.0. The van der Waals surface area contributed by atoms with Crippen molar-refractivity contribution in [2.24, 2.45) is 13.0 Å². The minimum atomic E-state index is -0.342. The summed E-state index contributed by atoms with van der Waals surface area (Å²) in [6.07, 6.45) is 5.44. The van der Waals surface area contributed by atoms with Crippen LogP contribution in [-0.4, -0.2) is 68.0 Å². The standard InChI is InChI=1S/C24H34N8O4/c1-4-14(2)27-24(33)36-17-6-5-16(9-17)18-10-19(30-29-18)28-22-21-20(25-13-26-22)23(31-32(21)3)35-12-15-7-8-34-11-15/h10,13-17H,4-9,11-12H2,1-3H3,(H,27,33)(H2,25,26,28,29,30)/t14?,15?,16-,17+/m0/s1. The van der Waals surface area contributed by atoms with Gasteiger partial charge in [0.2, 0.25) is 0 Å². The second kappa shape index (κ2) is 10.7. The third kappa shape index (κ3) is 5.38. The van der Waals surface area contributed by atoms with Crippen LogP contribution >= 0.6 is 0 Å². The van der Waals surface area contributed by atoms with Crippen LogP contribution in [0.1, 0.15) is 57.6 Å². The Morgan fingerprint density at radius 2 is 2.22 bits per heavy atom. The number of aromatic amines is 1. The molecule has 4 atom stereocenters. The molecule has 2 aliphatic rings. The van der Waals surface area contributed by atoms with Gasteiger partial charge in [-0.05, 0) is 39.0 Å². The number of nitrogens with one attached hydrogen (secondary N) is 3. The molecule has 3 aromatic heterocycles. The zero-order valence-electron chi connectivity index (χ0n) is 21.0. The molecule has 3 aromatic rings. The average Bonchev–Trinajstić information content (AvgIpc) is 3.66. The Bertz CT molecular complexity index is 1190. The Kier molecular flexibility index (Phi) is 7.21. The van der Waals surface area contributed by atoms with E-state index in [4.69, 9.17) is 14.2 Å². The number of ether oxygens (including phenoxy) is 3. The van der Waals surface area contributed by atoms with Crippen LogP contribution in [0.3, 0.4) is 0 Å². The van der Waals surface area contributed by atoms with Gasteiger partial charge < -0.3 is 24.8 Å². The van der Waals surface area contributed by atoms with Gasteiger partial charge in [0, 0.05) is 43.3 Å². The monoisotopic (exact) mass is 498 g/mol. The number of rotatable bonds is 9. The van der Waals surface area contributed by atoms with Gasteiger partial charge >= 0.3 is 6.09 Å². The largest absolute Gasteiger partial charge is 0.475 e. The van der Waals surface area contributed by atoms with Gasteiger partial charge in [0.1, 0.15) is 17.9 Å². The third-order valence-corrected chi connectivity index (χ3v) is 6.99. The number of aryl methyl sites for hydroxylation is 1. The molecule has 0 bridgehead atoms. The van der Waals surface area contributed by atoms with E-state index in [1.54, 1.807) is 4.68 Å². The number of hydrogen-bond acceptors (Lipinski definition) is 9. The molecule has 1 amide bonds. The molecule has 2 fully saturated rings. The summed E-state index contributed by atoms with van der Waals surface area (Å²) < 4.78 is 18.7. The molecule has 1 aliphatic heterocycles. The maximum Gasteiger partial charge on any atom is 0.407 e. The Balaban J connectivity index is 1.22. The van der Waals surface area contributed by atoms with Crippen molar-refractivity contribution >= 4 is 28.8 Å². The topological polar surface area (TPSA) is 141 Å². The van der Waals surface area contributed by atoms with Crippen LogP contribution in [-0.2, 0) is 16.5 Å². The Morgan fingerprint density at radius 1 is 1.33 bits per heavy atom. The molecule has 0 radical (unpaired) electrons. The average molecular weight is 499 g/mol. The highest BCUT2D eigenvalue weighted by atomic mass is 16.6. The molecule has 5 rings (SSSR count). The van der Waals surface area contributed by atoms with Crippen molar-refractivity contribution < 1.29 is 19.0 Å². The molecular weight excluding hydrogens is 464 g/mol. The normalized spacial score (nSPS) is 22.6. The molecule has 3 N–H and O–H groups in total. The van der Waals surface area contributed by atoms with Crippen LogP contribution in [0.25, 0.3) is 11.0 Å². The zero-order chi connectivity index (χ0) is 25.1. The maximum atomic E-state index is 12.1. The van der Waals surface area contributed by atoms with Crippen LogP contribution in [0.2, 0.25) is 0 Å². The molecule has 194 valence electrons. The molecule has 2 unspecified atom stereocenters. The lowest BCUT2D eigenvalue weighted by Gasteiger charge is -2.16. The molecular formula is C24H34N8O4. The number of carbonyl (C=O) groups excluding carboxylic acids is 1. The van der Waals surface area contributed by atoms with E-state index in [0.29, 0.717) is 42.2 Å². The number of alkyl carbamates (subject to hydrolysis) is 1. The Labute approximate surface area is 209 Å². The lowest BCUT2D eigenvalue weighted by atomic mass is 10.0. The first-order valence-electron chi connectivity index (χ1n) is 12.7. The summed E-state index contributed by atoms with van der Waals surface area (Å²) in [6.45, 7) is 6.04. The minimum Gasteiger partial charge on any atom is -0.475 e. The summed E-state index contributed by atoms with van der Waals surface area (Å²) in [7, 11) is 1.84. The van der Waals surface area contributed by atoms with E-state index in [2.05, 4.69) is 35.9 Å².